The lowest BCUT2D eigenvalue weighted by molar-refractivity contribution is -0.123. The summed E-state index contributed by atoms with van der Waals surface area (Å²) in [6.07, 6.45) is 1.85. The van der Waals surface area contributed by atoms with Gasteiger partial charge in [0.1, 0.15) is 12.4 Å². The van der Waals surface area contributed by atoms with Crippen LogP contribution in [0.5, 0.6) is 0 Å². The molecule has 2 heterocycles. The van der Waals surface area contributed by atoms with Gasteiger partial charge in [-0.1, -0.05) is 13.8 Å². The van der Waals surface area contributed by atoms with Gasteiger partial charge < -0.3 is 20.7 Å². The number of amides is 1. The Morgan fingerprint density at radius 3 is 2.85 bits per heavy atom. The van der Waals surface area contributed by atoms with Crippen LogP contribution in [0.2, 0.25) is 0 Å². The summed E-state index contributed by atoms with van der Waals surface area (Å²) in [7, 11) is 1.65. The molecule has 10 heteroatoms. The molecule has 0 saturated carbocycles. The van der Waals surface area contributed by atoms with E-state index < -0.39 is 0 Å². The number of aryl methyl sites for hydroxylation is 1. The van der Waals surface area contributed by atoms with Gasteiger partial charge in [-0.3, -0.25) is 9.79 Å². The minimum Gasteiger partial charge on any atom is -0.377 e. The zero-order valence-corrected chi connectivity index (χ0v) is 18.9. The Balaban J connectivity index is 0.00000364. The molecule has 9 nitrogen and oxygen atoms in total. The lowest BCUT2D eigenvalue weighted by Crippen LogP contribution is -2.47. The number of carbonyl (C=O) groups excluding carboxylic acids is 1. The lowest BCUT2D eigenvalue weighted by Gasteiger charge is -2.25. The number of fused-ring (bicyclic) bond motifs is 1. The van der Waals surface area contributed by atoms with Crippen molar-refractivity contribution in [2.75, 3.05) is 26.7 Å². The summed E-state index contributed by atoms with van der Waals surface area (Å²) in [5.41, 5.74) is 0. The van der Waals surface area contributed by atoms with Crippen LogP contribution in [-0.2, 0) is 29.1 Å². The quantitative estimate of drug-likeness (QED) is 0.213. The van der Waals surface area contributed by atoms with Gasteiger partial charge in [0, 0.05) is 38.6 Å². The number of aromatic nitrogens is 3. The van der Waals surface area contributed by atoms with E-state index in [1.807, 2.05) is 25.5 Å². The molecular weight excluding hydrogens is 461 g/mol. The molecule has 0 aromatic carbocycles. The van der Waals surface area contributed by atoms with Gasteiger partial charge in [-0.15, -0.1) is 24.0 Å². The van der Waals surface area contributed by atoms with E-state index in [-0.39, 0.29) is 41.8 Å². The molecule has 0 fully saturated rings. The first-order chi connectivity index (χ1) is 12.5. The van der Waals surface area contributed by atoms with Crippen LogP contribution in [-0.4, -0.2) is 59.4 Å². The molecule has 1 unspecified atom stereocenters. The maximum atomic E-state index is 11.6. The summed E-state index contributed by atoms with van der Waals surface area (Å²) >= 11 is 0. The smallest absolute Gasteiger partial charge is 0.222 e. The van der Waals surface area contributed by atoms with Crippen LogP contribution in [0.1, 0.15) is 38.8 Å². The Labute approximate surface area is 178 Å². The number of ether oxygens (including phenoxy) is 1. The number of carbonyl (C=O) groups is 1. The third kappa shape index (κ3) is 7.60. The number of hydrogen-bond donors (Lipinski definition) is 3. The molecule has 154 valence electrons. The van der Waals surface area contributed by atoms with Crippen molar-refractivity contribution in [3.8, 4) is 0 Å². The molecule has 3 N–H and O–H groups in total. The molecule has 0 radical (unpaired) electrons. The molecule has 1 aliphatic heterocycles. The molecule has 27 heavy (non-hydrogen) atoms. The van der Waals surface area contributed by atoms with Crippen molar-refractivity contribution in [1.29, 1.82) is 0 Å². The number of hydrogen-bond acceptors (Lipinski definition) is 5. The van der Waals surface area contributed by atoms with Gasteiger partial charge >= 0.3 is 0 Å². The molecule has 1 aromatic heterocycles. The number of methoxy groups -OCH3 is 1. The van der Waals surface area contributed by atoms with E-state index in [0.29, 0.717) is 19.7 Å². The topological polar surface area (TPSA) is 105 Å². The predicted molar refractivity (Wildman–Crippen MR) is 115 cm³/mol. The monoisotopic (exact) mass is 493 g/mol. The molecule has 0 spiro atoms. The van der Waals surface area contributed by atoms with Gasteiger partial charge in [0.2, 0.25) is 5.91 Å². The Morgan fingerprint density at radius 1 is 1.41 bits per heavy atom. The molecular formula is C17H32IN7O2. The molecule has 1 amide bonds. The fraction of sp³-hybridized carbons (Fsp3) is 0.765. The fourth-order valence-electron chi connectivity index (χ4n) is 2.73. The Morgan fingerprint density at radius 2 is 2.19 bits per heavy atom. The third-order valence-corrected chi connectivity index (χ3v) is 4.07. The van der Waals surface area contributed by atoms with Crippen molar-refractivity contribution >= 4 is 35.8 Å². The number of nitrogens with one attached hydrogen (secondary N) is 3. The SMILES string of the molecule is CCNC(=NCCNC(=O)C(C)C)NC1CCc2nc(COC)nn2C1.I. The normalized spacial score (nSPS) is 16.5. The summed E-state index contributed by atoms with van der Waals surface area (Å²) in [6, 6.07) is 0.239. The minimum absolute atomic E-state index is 0. The number of guanidine groups is 1. The van der Waals surface area contributed by atoms with Gasteiger partial charge in [-0.05, 0) is 13.3 Å². The van der Waals surface area contributed by atoms with Crippen LogP contribution in [0, 0.1) is 5.92 Å². The van der Waals surface area contributed by atoms with Crippen molar-refractivity contribution in [2.45, 2.75) is 52.8 Å². The number of rotatable bonds is 8. The van der Waals surface area contributed by atoms with E-state index in [1.54, 1.807) is 7.11 Å². The first-order valence-electron chi connectivity index (χ1n) is 9.27. The highest BCUT2D eigenvalue weighted by Gasteiger charge is 2.22. The third-order valence-electron chi connectivity index (χ3n) is 4.07. The van der Waals surface area contributed by atoms with Crippen molar-refractivity contribution in [3.63, 3.8) is 0 Å². The predicted octanol–water partition coefficient (Wildman–Crippen LogP) is 0.685. The van der Waals surface area contributed by atoms with Gasteiger partial charge in [0.15, 0.2) is 11.8 Å². The summed E-state index contributed by atoms with van der Waals surface area (Å²) in [5.74, 6) is 2.54. The Bertz CT molecular complexity index is 618. The largest absolute Gasteiger partial charge is 0.377 e. The van der Waals surface area contributed by atoms with Crippen LogP contribution in [0.4, 0.5) is 0 Å². The maximum absolute atomic E-state index is 11.6. The summed E-state index contributed by atoms with van der Waals surface area (Å²) in [5, 5.41) is 14.1. The van der Waals surface area contributed by atoms with Crippen LogP contribution in [0.3, 0.4) is 0 Å². The highest BCUT2D eigenvalue weighted by molar-refractivity contribution is 14.0. The maximum Gasteiger partial charge on any atom is 0.222 e. The van der Waals surface area contributed by atoms with E-state index in [0.717, 1.165) is 43.5 Å². The molecule has 1 aromatic rings. The van der Waals surface area contributed by atoms with Gasteiger partial charge in [0.05, 0.1) is 13.1 Å². The van der Waals surface area contributed by atoms with Crippen LogP contribution in [0.25, 0.3) is 0 Å². The van der Waals surface area contributed by atoms with Crippen molar-refractivity contribution in [1.82, 2.24) is 30.7 Å². The van der Waals surface area contributed by atoms with Crippen LogP contribution in [0.15, 0.2) is 4.99 Å². The second-order valence-corrected chi connectivity index (χ2v) is 6.65. The second kappa shape index (κ2) is 12.1. The number of halogens is 1. The Hall–Kier alpha value is -1.43. The van der Waals surface area contributed by atoms with Crippen molar-refractivity contribution < 1.29 is 9.53 Å². The van der Waals surface area contributed by atoms with E-state index in [9.17, 15) is 4.79 Å². The van der Waals surface area contributed by atoms with Gasteiger partial charge in [-0.2, -0.15) is 5.10 Å². The van der Waals surface area contributed by atoms with E-state index in [2.05, 4.69) is 31.0 Å². The molecule has 2 rings (SSSR count). The van der Waals surface area contributed by atoms with E-state index in [4.69, 9.17) is 4.74 Å². The summed E-state index contributed by atoms with van der Waals surface area (Å²) in [6.45, 7) is 8.83. The fourth-order valence-corrected chi connectivity index (χ4v) is 2.73. The zero-order chi connectivity index (χ0) is 18.9. The van der Waals surface area contributed by atoms with Gasteiger partial charge in [0.25, 0.3) is 0 Å². The van der Waals surface area contributed by atoms with Crippen molar-refractivity contribution in [3.05, 3.63) is 11.6 Å². The molecule has 0 saturated heterocycles. The molecule has 1 atom stereocenters. The first kappa shape index (κ1) is 23.6. The van der Waals surface area contributed by atoms with Crippen LogP contribution < -0.4 is 16.0 Å². The van der Waals surface area contributed by atoms with E-state index >= 15 is 0 Å². The average molecular weight is 493 g/mol. The van der Waals surface area contributed by atoms with E-state index in [1.165, 1.54) is 0 Å². The standard InChI is InChI=1S/C17H31N7O2.HI/c1-5-18-17(20-9-8-19-16(25)12(2)3)21-13-6-7-15-22-14(11-26-4)23-24(15)10-13;/h12-13H,5-11H2,1-4H3,(H,19,25)(H2,18,20,21);1H. The van der Waals surface area contributed by atoms with Crippen molar-refractivity contribution in [2.24, 2.45) is 10.9 Å². The number of aliphatic imine (C=N–C) groups is 1. The average Bonchev–Trinajstić information content (AvgIpc) is 3.00. The lowest BCUT2D eigenvalue weighted by atomic mass is 10.1. The van der Waals surface area contributed by atoms with Gasteiger partial charge in [-0.25, -0.2) is 9.67 Å². The Kier molecular flexibility index (Phi) is 10.6. The highest BCUT2D eigenvalue weighted by atomic mass is 127. The molecule has 0 bridgehead atoms. The minimum atomic E-state index is -0.00699. The molecule has 1 aliphatic rings. The summed E-state index contributed by atoms with van der Waals surface area (Å²) < 4.78 is 7.05. The highest BCUT2D eigenvalue weighted by Crippen LogP contribution is 2.13. The first-order valence-corrected chi connectivity index (χ1v) is 9.27. The molecule has 0 aliphatic carbocycles. The van der Waals surface area contributed by atoms with Crippen LogP contribution >= 0.6 is 24.0 Å². The summed E-state index contributed by atoms with van der Waals surface area (Å²) in [4.78, 5) is 20.6. The zero-order valence-electron chi connectivity index (χ0n) is 16.6. The number of nitrogens with zero attached hydrogens (tertiary/aromatic N) is 4. The second-order valence-electron chi connectivity index (χ2n) is 6.65.